The second-order valence-corrected chi connectivity index (χ2v) is 5.30. The second-order valence-electron chi connectivity index (χ2n) is 3.09. The molecule has 0 bridgehead atoms. The maximum absolute atomic E-state index is 11.6. The standard InChI is InChI=1S/C8H13O3P/c1-4-8(2)6-5-7-12(9,10-3)11-8/h1H,5-7H2,2-3H3. The van der Waals surface area contributed by atoms with E-state index in [-0.39, 0.29) is 0 Å². The molecule has 0 radical (unpaired) electrons. The summed E-state index contributed by atoms with van der Waals surface area (Å²) in [6.45, 7) is 1.76. The summed E-state index contributed by atoms with van der Waals surface area (Å²) in [5.74, 6) is 2.50. The summed E-state index contributed by atoms with van der Waals surface area (Å²) in [7, 11) is -1.48. The third kappa shape index (κ3) is 1.90. The molecule has 0 aromatic heterocycles. The van der Waals surface area contributed by atoms with Gasteiger partial charge in [-0.3, -0.25) is 9.09 Å². The van der Waals surface area contributed by atoms with Crippen molar-refractivity contribution in [3.8, 4) is 12.3 Å². The molecule has 0 aromatic carbocycles. The van der Waals surface area contributed by atoms with Crippen LogP contribution in [0.5, 0.6) is 0 Å². The first kappa shape index (κ1) is 9.80. The third-order valence-electron chi connectivity index (χ3n) is 2.01. The van der Waals surface area contributed by atoms with Crippen LogP contribution in [0.25, 0.3) is 0 Å². The molecule has 1 fully saturated rings. The molecule has 0 saturated carbocycles. The van der Waals surface area contributed by atoms with Crippen LogP contribution < -0.4 is 0 Å². The Morgan fingerprint density at radius 3 is 2.92 bits per heavy atom. The molecule has 1 heterocycles. The molecule has 3 nitrogen and oxygen atoms in total. The van der Waals surface area contributed by atoms with Crippen molar-refractivity contribution >= 4 is 7.60 Å². The van der Waals surface area contributed by atoms with Crippen LogP contribution in [0.2, 0.25) is 0 Å². The first-order valence-corrected chi connectivity index (χ1v) is 5.60. The maximum Gasteiger partial charge on any atom is 0.331 e. The molecule has 1 aliphatic heterocycles. The molecule has 1 saturated heterocycles. The van der Waals surface area contributed by atoms with E-state index in [4.69, 9.17) is 15.5 Å². The highest BCUT2D eigenvalue weighted by Crippen LogP contribution is 2.55. The van der Waals surface area contributed by atoms with Crippen LogP contribution >= 0.6 is 7.60 Å². The van der Waals surface area contributed by atoms with Crippen molar-refractivity contribution in [3.63, 3.8) is 0 Å². The highest BCUT2D eigenvalue weighted by Gasteiger charge is 2.38. The van der Waals surface area contributed by atoms with E-state index in [0.717, 1.165) is 12.8 Å². The molecule has 4 heteroatoms. The fraction of sp³-hybridized carbons (Fsp3) is 0.750. The smallest absolute Gasteiger partial charge is 0.312 e. The predicted molar refractivity (Wildman–Crippen MR) is 47.0 cm³/mol. The minimum absolute atomic E-state index is 0.473. The Morgan fingerprint density at radius 1 is 1.75 bits per heavy atom. The molecular formula is C8H13O3P. The first-order valence-electron chi connectivity index (χ1n) is 3.87. The predicted octanol–water partition coefficient (Wildman–Crippen LogP) is 2.03. The number of terminal acetylenes is 1. The van der Waals surface area contributed by atoms with Crippen molar-refractivity contribution in [2.45, 2.75) is 25.4 Å². The van der Waals surface area contributed by atoms with Gasteiger partial charge in [0, 0.05) is 7.11 Å². The molecule has 12 heavy (non-hydrogen) atoms. The minimum atomic E-state index is -2.87. The van der Waals surface area contributed by atoms with Gasteiger partial charge < -0.3 is 4.52 Å². The Labute approximate surface area is 73.0 Å². The second kappa shape index (κ2) is 3.22. The molecule has 0 aromatic rings. The minimum Gasteiger partial charge on any atom is -0.312 e. The Bertz CT molecular complexity index is 256. The summed E-state index contributed by atoms with van der Waals surface area (Å²) >= 11 is 0. The van der Waals surface area contributed by atoms with Gasteiger partial charge in [0.25, 0.3) is 0 Å². The van der Waals surface area contributed by atoms with Gasteiger partial charge in [-0.2, -0.15) is 0 Å². The fourth-order valence-corrected chi connectivity index (χ4v) is 2.89. The van der Waals surface area contributed by atoms with Crippen molar-refractivity contribution in [3.05, 3.63) is 0 Å². The Morgan fingerprint density at radius 2 is 2.42 bits per heavy atom. The highest BCUT2D eigenvalue weighted by molar-refractivity contribution is 7.53. The molecule has 0 aliphatic carbocycles. The van der Waals surface area contributed by atoms with Crippen LogP contribution in [0.1, 0.15) is 19.8 Å². The Hall–Kier alpha value is -0.290. The Kier molecular flexibility index (Phi) is 2.63. The van der Waals surface area contributed by atoms with Gasteiger partial charge in [-0.25, -0.2) is 0 Å². The van der Waals surface area contributed by atoms with E-state index in [1.54, 1.807) is 6.92 Å². The number of hydrogen-bond donors (Lipinski definition) is 0. The summed E-state index contributed by atoms with van der Waals surface area (Å²) in [5.41, 5.74) is -0.705. The summed E-state index contributed by atoms with van der Waals surface area (Å²) in [6.07, 6.45) is 7.28. The first-order chi connectivity index (χ1) is 5.54. The molecule has 1 aliphatic rings. The van der Waals surface area contributed by atoms with Crippen molar-refractivity contribution in [1.29, 1.82) is 0 Å². The van der Waals surface area contributed by atoms with Crippen LogP contribution in [0.15, 0.2) is 0 Å². The lowest BCUT2D eigenvalue weighted by Crippen LogP contribution is -2.30. The Balaban J connectivity index is 2.78. The molecule has 2 unspecified atom stereocenters. The zero-order valence-electron chi connectivity index (χ0n) is 7.37. The number of hydrogen-bond acceptors (Lipinski definition) is 3. The molecule has 2 atom stereocenters. The van der Waals surface area contributed by atoms with Crippen LogP contribution in [0, 0.1) is 12.3 Å². The van der Waals surface area contributed by atoms with Crippen molar-refractivity contribution < 1.29 is 13.6 Å². The van der Waals surface area contributed by atoms with Crippen LogP contribution in [-0.2, 0) is 13.6 Å². The van der Waals surface area contributed by atoms with Gasteiger partial charge >= 0.3 is 7.60 Å². The van der Waals surface area contributed by atoms with E-state index in [9.17, 15) is 4.57 Å². The highest BCUT2D eigenvalue weighted by atomic mass is 31.2. The average molecular weight is 188 g/mol. The van der Waals surface area contributed by atoms with Gasteiger partial charge in [0.1, 0.15) is 5.60 Å². The van der Waals surface area contributed by atoms with Gasteiger partial charge in [-0.15, -0.1) is 6.42 Å². The van der Waals surface area contributed by atoms with E-state index < -0.39 is 13.2 Å². The van der Waals surface area contributed by atoms with E-state index >= 15 is 0 Å². The number of rotatable bonds is 1. The van der Waals surface area contributed by atoms with Crippen molar-refractivity contribution in [1.82, 2.24) is 0 Å². The summed E-state index contributed by atoms with van der Waals surface area (Å²) in [4.78, 5) is 0. The van der Waals surface area contributed by atoms with E-state index in [0.29, 0.717) is 6.16 Å². The van der Waals surface area contributed by atoms with Crippen molar-refractivity contribution in [2.75, 3.05) is 13.3 Å². The lowest BCUT2D eigenvalue weighted by molar-refractivity contribution is 0.0951. The fourth-order valence-electron chi connectivity index (χ4n) is 1.24. The molecular weight excluding hydrogens is 175 g/mol. The summed E-state index contributed by atoms with van der Waals surface area (Å²) < 4.78 is 21.7. The van der Waals surface area contributed by atoms with Gasteiger partial charge in [0.15, 0.2) is 0 Å². The molecule has 68 valence electrons. The third-order valence-corrected chi connectivity index (χ3v) is 4.11. The zero-order valence-corrected chi connectivity index (χ0v) is 8.27. The lowest BCUT2D eigenvalue weighted by Gasteiger charge is -2.33. The summed E-state index contributed by atoms with van der Waals surface area (Å²) in [6, 6.07) is 0. The van der Waals surface area contributed by atoms with Crippen LogP contribution in [0.3, 0.4) is 0 Å². The molecule has 0 N–H and O–H groups in total. The monoisotopic (exact) mass is 188 g/mol. The van der Waals surface area contributed by atoms with Gasteiger partial charge in [-0.05, 0) is 19.8 Å². The van der Waals surface area contributed by atoms with E-state index in [1.807, 2.05) is 0 Å². The van der Waals surface area contributed by atoms with Crippen LogP contribution in [0.4, 0.5) is 0 Å². The zero-order chi connectivity index (χ0) is 9.24. The quantitative estimate of drug-likeness (QED) is 0.466. The SMILES string of the molecule is C#CC1(C)CCCP(=O)(OC)O1. The van der Waals surface area contributed by atoms with Crippen LogP contribution in [-0.4, -0.2) is 18.9 Å². The van der Waals surface area contributed by atoms with E-state index in [2.05, 4.69) is 5.92 Å². The molecule has 0 amide bonds. The van der Waals surface area contributed by atoms with Crippen molar-refractivity contribution in [2.24, 2.45) is 0 Å². The largest absolute Gasteiger partial charge is 0.331 e. The lowest BCUT2D eigenvalue weighted by atomic mass is 10.0. The normalized spacial score (nSPS) is 42.1. The van der Waals surface area contributed by atoms with Gasteiger partial charge in [0.2, 0.25) is 0 Å². The van der Waals surface area contributed by atoms with Gasteiger partial charge in [-0.1, -0.05) is 5.92 Å². The maximum atomic E-state index is 11.6. The van der Waals surface area contributed by atoms with Gasteiger partial charge in [0.05, 0.1) is 6.16 Å². The summed E-state index contributed by atoms with van der Waals surface area (Å²) in [5, 5.41) is 0. The molecule has 0 spiro atoms. The topological polar surface area (TPSA) is 35.5 Å². The van der Waals surface area contributed by atoms with E-state index in [1.165, 1.54) is 7.11 Å². The average Bonchev–Trinajstić information content (AvgIpc) is 2.05. The molecule has 1 rings (SSSR count).